The maximum atomic E-state index is 10.5. The molecule has 0 aliphatic carbocycles. The Morgan fingerprint density at radius 1 is 0.420 bits per heavy atom. The number of rotatable bonds is 36. The Kier molecular flexibility index (Phi) is 40.6. The SMILES string of the molecule is O=C(O)C(Cl)Cl.O=C(O)CCCCCCC/C=C\C[C@H](O)CCCCCCCCCCCCCC[C@@H](O)C/C=C\CCCCCCCC(=O)O. The van der Waals surface area contributed by atoms with Gasteiger partial charge in [-0.15, -0.1) is 0 Å². The monoisotopic (exact) mass is 750 g/mol. The summed E-state index contributed by atoms with van der Waals surface area (Å²) in [6.45, 7) is 0. The summed E-state index contributed by atoms with van der Waals surface area (Å²) in [6, 6.07) is 0. The van der Waals surface area contributed by atoms with E-state index in [-0.39, 0.29) is 25.0 Å². The zero-order chi connectivity index (χ0) is 37.5. The van der Waals surface area contributed by atoms with Crippen molar-refractivity contribution in [2.24, 2.45) is 0 Å². The molecule has 0 aromatic carbocycles. The van der Waals surface area contributed by atoms with Crippen LogP contribution in [0.1, 0.15) is 193 Å². The van der Waals surface area contributed by atoms with E-state index in [1.165, 1.54) is 64.2 Å². The average Bonchev–Trinajstić information content (AvgIpc) is 3.06. The molecule has 0 rings (SSSR count). The van der Waals surface area contributed by atoms with E-state index in [2.05, 4.69) is 24.3 Å². The van der Waals surface area contributed by atoms with Gasteiger partial charge < -0.3 is 25.5 Å². The predicted octanol–water partition coefficient (Wildman–Crippen LogP) is 11.6. The van der Waals surface area contributed by atoms with Gasteiger partial charge in [0.25, 0.3) is 0 Å². The summed E-state index contributed by atoms with van der Waals surface area (Å²) in [4.78, 5) is 29.1. The van der Waals surface area contributed by atoms with Gasteiger partial charge in [0.05, 0.1) is 12.2 Å². The number of aliphatic carboxylic acids is 3. The summed E-state index contributed by atoms with van der Waals surface area (Å²) in [6.07, 6.45) is 39.9. The fraction of sp³-hybridized carbons (Fsp3) is 0.825. The number of carbonyl (C=O) groups is 3. The number of halogens is 2. The molecule has 0 aromatic rings. The van der Waals surface area contributed by atoms with Crippen molar-refractivity contribution in [3.8, 4) is 0 Å². The quantitative estimate of drug-likeness (QED) is 0.0241. The van der Waals surface area contributed by atoms with Crippen molar-refractivity contribution in [2.45, 2.75) is 210 Å². The number of alkyl halides is 2. The molecule has 8 nitrogen and oxygen atoms in total. The fourth-order valence-corrected chi connectivity index (χ4v) is 5.64. The summed E-state index contributed by atoms with van der Waals surface area (Å²) in [5.41, 5.74) is 0. The molecule has 294 valence electrons. The second kappa shape index (κ2) is 40.2. The van der Waals surface area contributed by atoms with Crippen LogP contribution in [0.2, 0.25) is 0 Å². The summed E-state index contributed by atoms with van der Waals surface area (Å²) in [5.74, 6) is -2.60. The second-order valence-corrected chi connectivity index (χ2v) is 14.7. The van der Waals surface area contributed by atoms with Crippen LogP contribution in [0.15, 0.2) is 24.3 Å². The number of allylic oxidation sites excluding steroid dienone is 2. The van der Waals surface area contributed by atoms with Crippen molar-refractivity contribution < 1.29 is 39.9 Å². The Labute approximate surface area is 314 Å². The number of hydrogen-bond donors (Lipinski definition) is 5. The van der Waals surface area contributed by atoms with Crippen LogP contribution < -0.4 is 0 Å². The summed E-state index contributed by atoms with van der Waals surface area (Å²) < 4.78 is 0. The zero-order valence-electron chi connectivity index (χ0n) is 31.0. The van der Waals surface area contributed by atoms with Crippen molar-refractivity contribution in [3.05, 3.63) is 24.3 Å². The maximum absolute atomic E-state index is 10.5. The van der Waals surface area contributed by atoms with E-state index in [1.807, 2.05) is 0 Å². The molecule has 0 aliphatic heterocycles. The van der Waals surface area contributed by atoms with Crippen LogP contribution in [0.5, 0.6) is 0 Å². The lowest BCUT2D eigenvalue weighted by Crippen LogP contribution is -2.04. The highest BCUT2D eigenvalue weighted by Gasteiger charge is 2.06. The van der Waals surface area contributed by atoms with Crippen LogP contribution in [0.25, 0.3) is 0 Å². The number of carboxylic acids is 3. The predicted molar refractivity (Wildman–Crippen MR) is 207 cm³/mol. The molecule has 0 saturated heterocycles. The van der Waals surface area contributed by atoms with Crippen LogP contribution in [-0.4, -0.2) is 60.5 Å². The van der Waals surface area contributed by atoms with Gasteiger partial charge in [0.15, 0.2) is 0 Å². The van der Waals surface area contributed by atoms with E-state index in [1.54, 1.807) is 0 Å². The lowest BCUT2D eigenvalue weighted by Gasteiger charge is -2.08. The van der Waals surface area contributed by atoms with E-state index >= 15 is 0 Å². The molecule has 0 fully saturated rings. The van der Waals surface area contributed by atoms with Crippen LogP contribution in [0, 0.1) is 0 Å². The molecule has 0 radical (unpaired) electrons. The molecule has 0 saturated carbocycles. The van der Waals surface area contributed by atoms with Gasteiger partial charge in [-0.05, 0) is 64.2 Å². The molecule has 2 atom stereocenters. The third kappa shape index (κ3) is 46.4. The Hall–Kier alpha value is -1.61. The highest BCUT2D eigenvalue weighted by atomic mass is 35.5. The van der Waals surface area contributed by atoms with E-state index < -0.39 is 22.7 Å². The third-order valence-electron chi connectivity index (χ3n) is 8.68. The van der Waals surface area contributed by atoms with Crippen LogP contribution in [-0.2, 0) is 14.4 Å². The van der Waals surface area contributed by atoms with Crippen LogP contribution in [0.4, 0.5) is 0 Å². The van der Waals surface area contributed by atoms with Gasteiger partial charge in [-0.2, -0.15) is 0 Å². The largest absolute Gasteiger partial charge is 0.481 e. The highest BCUT2D eigenvalue weighted by molar-refractivity contribution is 6.52. The number of hydrogen-bond acceptors (Lipinski definition) is 5. The van der Waals surface area contributed by atoms with Gasteiger partial charge in [-0.1, -0.05) is 163 Å². The maximum Gasteiger partial charge on any atom is 0.337 e. The molecule has 0 amide bonds. The van der Waals surface area contributed by atoms with Gasteiger partial charge in [0, 0.05) is 12.8 Å². The lowest BCUT2D eigenvalue weighted by atomic mass is 10.0. The summed E-state index contributed by atoms with van der Waals surface area (Å²) >= 11 is 9.56. The molecule has 50 heavy (non-hydrogen) atoms. The molecule has 0 aromatic heterocycles. The first-order valence-corrected chi connectivity index (χ1v) is 20.5. The second-order valence-electron chi connectivity index (χ2n) is 13.6. The highest BCUT2D eigenvalue weighted by Crippen LogP contribution is 2.16. The van der Waals surface area contributed by atoms with Crippen molar-refractivity contribution >= 4 is 41.1 Å². The van der Waals surface area contributed by atoms with Gasteiger partial charge >= 0.3 is 17.9 Å². The third-order valence-corrected chi connectivity index (χ3v) is 9.06. The van der Waals surface area contributed by atoms with Gasteiger partial charge in [0.1, 0.15) is 0 Å². The average molecular weight is 752 g/mol. The molecule has 0 spiro atoms. The first-order valence-electron chi connectivity index (χ1n) is 19.7. The Balaban J connectivity index is 0. The Morgan fingerprint density at radius 2 is 0.680 bits per heavy atom. The smallest absolute Gasteiger partial charge is 0.337 e. The molecule has 10 heteroatoms. The molecule has 5 N–H and O–H groups in total. The van der Waals surface area contributed by atoms with Crippen molar-refractivity contribution in [1.82, 2.24) is 0 Å². The van der Waals surface area contributed by atoms with E-state index in [9.17, 15) is 24.6 Å². The number of aliphatic hydroxyl groups excluding tert-OH is 2. The minimum absolute atomic E-state index is 0.210. The lowest BCUT2D eigenvalue weighted by molar-refractivity contribution is -0.138. The Bertz CT molecular complexity index is 776. The molecule has 0 unspecified atom stereocenters. The van der Waals surface area contributed by atoms with Gasteiger partial charge in [0.2, 0.25) is 4.84 Å². The van der Waals surface area contributed by atoms with E-state index in [4.69, 9.17) is 38.5 Å². The summed E-state index contributed by atoms with van der Waals surface area (Å²) in [5, 5.41) is 45.3. The minimum Gasteiger partial charge on any atom is -0.481 e. The normalized spacial score (nSPS) is 12.7. The van der Waals surface area contributed by atoms with Crippen molar-refractivity contribution in [2.75, 3.05) is 0 Å². The van der Waals surface area contributed by atoms with Crippen molar-refractivity contribution in [3.63, 3.8) is 0 Å². The molecular weight excluding hydrogens is 679 g/mol. The number of unbranched alkanes of at least 4 members (excludes halogenated alkanes) is 21. The Morgan fingerprint density at radius 3 is 0.960 bits per heavy atom. The van der Waals surface area contributed by atoms with Crippen molar-refractivity contribution in [1.29, 1.82) is 0 Å². The molecular formula is C40H72Cl2O8. The van der Waals surface area contributed by atoms with E-state index in [0.717, 1.165) is 116 Å². The molecule has 0 bridgehead atoms. The minimum atomic E-state index is -1.29. The first-order chi connectivity index (χ1) is 24.1. The first kappa shape index (κ1) is 50.5. The fourth-order valence-electron chi connectivity index (χ4n) is 5.64. The van der Waals surface area contributed by atoms with Gasteiger partial charge in [-0.25, -0.2) is 4.79 Å². The topological polar surface area (TPSA) is 152 Å². The van der Waals surface area contributed by atoms with Crippen LogP contribution in [0.3, 0.4) is 0 Å². The standard InChI is InChI=1S/C38H70O6.C2H2Cl2O2/c39-35(31-25-19-13-7-9-15-21-27-33-37(41)42)29-23-17-11-5-3-1-2-4-6-12-18-24-30-36(40)32-26-20-14-8-10-16-22-28-34-38(43)44;3-1(4)2(5)6/h19-20,25-26,35-36,39-40H,1-18,21-24,27-34H2,(H,41,42)(H,43,44);1H,(H,5,6)/b25-19-,26-20-;/t35-,36-;/m1./s1. The summed E-state index contributed by atoms with van der Waals surface area (Å²) in [7, 11) is 0. The molecule has 0 heterocycles. The van der Waals surface area contributed by atoms with Crippen LogP contribution >= 0.6 is 23.2 Å². The molecule has 0 aliphatic rings. The zero-order valence-corrected chi connectivity index (χ0v) is 32.5. The van der Waals surface area contributed by atoms with E-state index in [0.29, 0.717) is 0 Å². The number of aliphatic hydroxyl groups is 2. The van der Waals surface area contributed by atoms with Gasteiger partial charge in [-0.3, -0.25) is 9.59 Å². The number of carboxylic acid groups (broad SMARTS) is 3.